The Morgan fingerprint density at radius 3 is 2.71 bits per heavy atom. The largest absolute Gasteiger partial charge is 0.316 e. The maximum atomic E-state index is 3.55. The van der Waals surface area contributed by atoms with Crippen molar-refractivity contribution in [3.05, 3.63) is 35.4 Å². The van der Waals surface area contributed by atoms with Gasteiger partial charge in [-0.1, -0.05) is 43.7 Å². The highest BCUT2D eigenvalue weighted by molar-refractivity contribution is 5.23. The summed E-state index contributed by atoms with van der Waals surface area (Å²) in [6, 6.07) is 8.99. The van der Waals surface area contributed by atoms with E-state index in [2.05, 4.69) is 50.4 Å². The molecule has 0 radical (unpaired) electrons. The zero-order valence-corrected chi connectivity index (χ0v) is 11.4. The molecule has 1 nitrogen and oxygen atoms in total. The Morgan fingerprint density at radius 2 is 2.12 bits per heavy atom. The molecule has 1 aliphatic rings. The van der Waals surface area contributed by atoms with Crippen LogP contribution in [0, 0.1) is 18.3 Å². The van der Waals surface area contributed by atoms with Crippen molar-refractivity contribution in [1.29, 1.82) is 0 Å². The number of hydrogen-bond acceptors (Lipinski definition) is 1. The molecule has 0 spiro atoms. The molecule has 1 N–H and O–H groups in total. The van der Waals surface area contributed by atoms with Crippen molar-refractivity contribution in [2.75, 3.05) is 13.1 Å². The van der Waals surface area contributed by atoms with Crippen molar-refractivity contribution < 1.29 is 0 Å². The molecule has 94 valence electrons. The minimum atomic E-state index is 0.448. The fourth-order valence-electron chi connectivity index (χ4n) is 2.83. The molecule has 1 saturated carbocycles. The van der Waals surface area contributed by atoms with E-state index in [1.807, 2.05) is 0 Å². The van der Waals surface area contributed by atoms with Gasteiger partial charge in [0.05, 0.1) is 0 Å². The fourth-order valence-corrected chi connectivity index (χ4v) is 2.83. The molecule has 1 fully saturated rings. The average Bonchev–Trinajstić information content (AvgIpc) is 3.10. The van der Waals surface area contributed by atoms with Gasteiger partial charge < -0.3 is 5.32 Å². The van der Waals surface area contributed by atoms with E-state index in [0.717, 1.165) is 19.0 Å². The van der Waals surface area contributed by atoms with Crippen LogP contribution in [0.2, 0.25) is 0 Å². The molecule has 0 bridgehead atoms. The monoisotopic (exact) mass is 231 g/mol. The summed E-state index contributed by atoms with van der Waals surface area (Å²) in [4.78, 5) is 0. The van der Waals surface area contributed by atoms with Crippen molar-refractivity contribution in [2.45, 2.75) is 40.0 Å². The Balaban J connectivity index is 2.06. The van der Waals surface area contributed by atoms with Gasteiger partial charge in [0.1, 0.15) is 0 Å². The first-order valence-corrected chi connectivity index (χ1v) is 6.90. The van der Waals surface area contributed by atoms with Gasteiger partial charge in [-0.15, -0.1) is 0 Å². The van der Waals surface area contributed by atoms with Crippen LogP contribution < -0.4 is 5.32 Å². The second-order valence-corrected chi connectivity index (χ2v) is 5.87. The van der Waals surface area contributed by atoms with E-state index in [0.29, 0.717) is 5.41 Å². The van der Waals surface area contributed by atoms with E-state index < -0.39 is 0 Å². The molecule has 1 aromatic carbocycles. The van der Waals surface area contributed by atoms with Gasteiger partial charge in [0.25, 0.3) is 0 Å². The Labute approximate surface area is 106 Å². The maximum Gasteiger partial charge on any atom is 0.00109 e. The van der Waals surface area contributed by atoms with Crippen LogP contribution in [0.15, 0.2) is 24.3 Å². The zero-order valence-electron chi connectivity index (χ0n) is 11.4. The number of aryl methyl sites for hydroxylation is 1. The predicted molar refractivity (Wildman–Crippen MR) is 74.3 cm³/mol. The SMILES string of the molecule is CCNCC(C)(Cc1cccc(C)c1)C1CC1. The summed E-state index contributed by atoms with van der Waals surface area (Å²) >= 11 is 0. The average molecular weight is 231 g/mol. The van der Waals surface area contributed by atoms with Gasteiger partial charge in [0.2, 0.25) is 0 Å². The highest BCUT2D eigenvalue weighted by atomic mass is 14.9. The first-order chi connectivity index (χ1) is 8.14. The summed E-state index contributed by atoms with van der Waals surface area (Å²) in [6.45, 7) is 9.07. The molecule has 0 aliphatic heterocycles. The summed E-state index contributed by atoms with van der Waals surface area (Å²) in [5.41, 5.74) is 3.32. The molecule has 0 saturated heterocycles. The molecule has 1 atom stereocenters. The summed E-state index contributed by atoms with van der Waals surface area (Å²) in [5.74, 6) is 0.932. The van der Waals surface area contributed by atoms with Crippen molar-refractivity contribution in [3.8, 4) is 0 Å². The third kappa shape index (κ3) is 3.32. The third-order valence-corrected chi connectivity index (χ3v) is 4.03. The smallest absolute Gasteiger partial charge is 0.00109 e. The van der Waals surface area contributed by atoms with Crippen LogP contribution in [0.5, 0.6) is 0 Å². The first-order valence-electron chi connectivity index (χ1n) is 6.90. The number of rotatable bonds is 6. The number of benzene rings is 1. The van der Waals surface area contributed by atoms with E-state index in [1.54, 1.807) is 0 Å². The maximum absolute atomic E-state index is 3.55. The lowest BCUT2D eigenvalue weighted by molar-refractivity contribution is 0.258. The molecule has 0 amide bonds. The summed E-state index contributed by atoms with van der Waals surface area (Å²) in [7, 11) is 0. The minimum absolute atomic E-state index is 0.448. The van der Waals surface area contributed by atoms with Gasteiger partial charge in [-0.05, 0) is 49.6 Å². The van der Waals surface area contributed by atoms with Crippen LogP contribution in [0.3, 0.4) is 0 Å². The summed E-state index contributed by atoms with van der Waals surface area (Å²) < 4.78 is 0. The van der Waals surface area contributed by atoms with Gasteiger partial charge in [0, 0.05) is 6.54 Å². The van der Waals surface area contributed by atoms with E-state index in [1.165, 1.54) is 30.4 Å². The van der Waals surface area contributed by atoms with E-state index >= 15 is 0 Å². The predicted octanol–water partition coefficient (Wildman–Crippen LogP) is 3.56. The van der Waals surface area contributed by atoms with Gasteiger partial charge >= 0.3 is 0 Å². The fraction of sp³-hybridized carbons (Fsp3) is 0.625. The van der Waals surface area contributed by atoms with Gasteiger partial charge in [-0.25, -0.2) is 0 Å². The molecular formula is C16H25N. The van der Waals surface area contributed by atoms with Gasteiger partial charge in [-0.2, -0.15) is 0 Å². The second-order valence-electron chi connectivity index (χ2n) is 5.87. The Morgan fingerprint density at radius 1 is 1.35 bits per heavy atom. The zero-order chi connectivity index (χ0) is 12.3. The van der Waals surface area contributed by atoms with Crippen LogP contribution in [0.4, 0.5) is 0 Å². The van der Waals surface area contributed by atoms with E-state index in [9.17, 15) is 0 Å². The molecule has 1 unspecified atom stereocenters. The molecule has 1 aliphatic carbocycles. The normalized spacial score (nSPS) is 19.0. The minimum Gasteiger partial charge on any atom is -0.316 e. The van der Waals surface area contributed by atoms with Gasteiger partial charge in [-0.3, -0.25) is 0 Å². The van der Waals surface area contributed by atoms with Crippen molar-refractivity contribution >= 4 is 0 Å². The molecule has 17 heavy (non-hydrogen) atoms. The second kappa shape index (κ2) is 5.22. The Bertz CT molecular complexity index is 368. The molecule has 1 aromatic rings. The molecular weight excluding hydrogens is 206 g/mol. The Kier molecular flexibility index (Phi) is 3.88. The standard InChI is InChI=1S/C16H25N/c1-4-17-12-16(3,15-8-9-15)11-14-7-5-6-13(2)10-14/h5-7,10,15,17H,4,8-9,11-12H2,1-3H3. The van der Waals surface area contributed by atoms with E-state index in [4.69, 9.17) is 0 Å². The van der Waals surface area contributed by atoms with Crippen molar-refractivity contribution in [3.63, 3.8) is 0 Å². The lowest BCUT2D eigenvalue weighted by atomic mass is 9.78. The summed E-state index contributed by atoms with van der Waals surface area (Å²) in [5, 5.41) is 3.55. The molecule has 2 rings (SSSR count). The number of nitrogens with one attached hydrogen (secondary N) is 1. The molecule has 0 heterocycles. The molecule has 0 aromatic heterocycles. The first kappa shape index (κ1) is 12.6. The third-order valence-electron chi connectivity index (χ3n) is 4.03. The van der Waals surface area contributed by atoms with Gasteiger partial charge in [0.15, 0.2) is 0 Å². The highest BCUT2D eigenvalue weighted by Gasteiger charge is 2.40. The highest BCUT2D eigenvalue weighted by Crippen LogP contribution is 2.47. The lowest BCUT2D eigenvalue weighted by Gasteiger charge is -2.30. The number of hydrogen-bond donors (Lipinski definition) is 1. The molecule has 1 heteroatoms. The van der Waals surface area contributed by atoms with Crippen LogP contribution in [-0.4, -0.2) is 13.1 Å². The van der Waals surface area contributed by atoms with E-state index in [-0.39, 0.29) is 0 Å². The van der Waals surface area contributed by atoms with Crippen molar-refractivity contribution in [1.82, 2.24) is 5.32 Å². The van der Waals surface area contributed by atoms with Crippen LogP contribution in [0.1, 0.15) is 37.8 Å². The Hall–Kier alpha value is -0.820. The summed E-state index contributed by atoms with van der Waals surface area (Å²) in [6.07, 6.45) is 4.06. The van der Waals surface area contributed by atoms with Crippen LogP contribution in [0.25, 0.3) is 0 Å². The van der Waals surface area contributed by atoms with Crippen molar-refractivity contribution in [2.24, 2.45) is 11.3 Å². The topological polar surface area (TPSA) is 12.0 Å². The lowest BCUT2D eigenvalue weighted by Crippen LogP contribution is -2.35. The van der Waals surface area contributed by atoms with Crippen LogP contribution >= 0.6 is 0 Å². The van der Waals surface area contributed by atoms with Crippen LogP contribution in [-0.2, 0) is 6.42 Å². The quantitative estimate of drug-likeness (QED) is 0.789.